The van der Waals surface area contributed by atoms with Crippen molar-refractivity contribution in [1.29, 1.82) is 0 Å². The number of amides is 1. The standard InChI is InChI=1S/C19H23BrN2O3/c1-12(14-9-10-17(24-3)15(20)11-14)21-13(2)19(23)22-16-7-5-6-8-18(16)25-4/h5-13,21H,1-4H3,(H,22,23)/t12-,13-/m0/s1. The van der Waals surface area contributed by atoms with Gasteiger partial charge in [-0.1, -0.05) is 18.2 Å². The number of rotatable bonds is 7. The number of anilines is 1. The molecule has 0 aliphatic carbocycles. The minimum Gasteiger partial charge on any atom is -0.496 e. The highest BCUT2D eigenvalue weighted by molar-refractivity contribution is 9.10. The second-order valence-corrected chi connectivity index (χ2v) is 6.55. The predicted octanol–water partition coefficient (Wildman–Crippen LogP) is 4.14. The molecule has 0 bridgehead atoms. The number of methoxy groups -OCH3 is 2. The van der Waals surface area contributed by atoms with Crippen LogP contribution >= 0.6 is 15.9 Å². The molecule has 0 spiro atoms. The van der Waals surface area contributed by atoms with Crippen molar-refractivity contribution in [3.8, 4) is 11.5 Å². The van der Waals surface area contributed by atoms with E-state index in [0.29, 0.717) is 11.4 Å². The van der Waals surface area contributed by atoms with Crippen molar-refractivity contribution in [2.75, 3.05) is 19.5 Å². The summed E-state index contributed by atoms with van der Waals surface area (Å²) in [6, 6.07) is 12.8. The zero-order valence-electron chi connectivity index (χ0n) is 14.8. The van der Waals surface area contributed by atoms with Crippen molar-refractivity contribution in [2.24, 2.45) is 0 Å². The summed E-state index contributed by atoms with van der Waals surface area (Å²) in [4.78, 5) is 12.5. The van der Waals surface area contributed by atoms with E-state index < -0.39 is 0 Å². The van der Waals surface area contributed by atoms with E-state index in [0.717, 1.165) is 15.8 Å². The molecule has 2 atom stereocenters. The molecule has 0 saturated heterocycles. The van der Waals surface area contributed by atoms with Gasteiger partial charge in [-0.25, -0.2) is 0 Å². The summed E-state index contributed by atoms with van der Waals surface area (Å²) in [5.74, 6) is 1.29. The quantitative estimate of drug-likeness (QED) is 0.724. The van der Waals surface area contributed by atoms with E-state index in [-0.39, 0.29) is 18.0 Å². The Bertz CT molecular complexity index is 736. The number of halogens is 1. The van der Waals surface area contributed by atoms with Gasteiger partial charge in [-0.05, 0) is 59.6 Å². The van der Waals surface area contributed by atoms with Gasteiger partial charge < -0.3 is 14.8 Å². The van der Waals surface area contributed by atoms with Gasteiger partial charge in [0.25, 0.3) is 0 Å². The van der Waals surface area contributed by atoms with Gasteiger partial charge in [0.15, 0.2) is 0 Å². The molecule has 2 rings (SSSR count). The Kier molecular flexibility index (Phi) is 6.84. The fourth-order valence-corrected chi connectivity index (χ4v) is 3.05. The summed E-state index contributed by atoms with van der Waals surface area (Å²) in [6.45, 7) is 3.85. The van der Waals surface area contributed by atoms with Gasteiger partial charge in [-0.2, -0.15) is 0 Å². The van der Waals surface area contributed by atoms with Crippen molar-refractivity contribution in [3.05, 3.63) is 52.5 Å². The summed E-state index contributed by atoms with van der Waals surface area (Å²) < 4.78 is 11.4. The molecule has 0 radical (unpaired) electrons. The molecule has 1 amide bonds. The topological polar surface area (TPSA) is 59.6 Å². The molecule has 0 aliphatic heterocycles. The number of hydrogen-bond donors (Lipinski definition) is 2. The molecular weight excluding hydrogens is 384 g/mol. The van der Waals surface area contributed by atoms with Crippen molar-refractivity contribution >= 4 is 27.5 Å². The van der Waals surface area contributed by atoms with Crippen LogP contribution in [0.4, 0.5) is 5.69 Å². The molecule has 2 aromatic rings. The van der Waals surface area contributed by atoms with Crippen molar-refractivity contribution in [1.82, 2.24) is 5.32 Å². The highest BCUT2D eigenvalue weighted by Crippen LogP contribution is 2.28. The van der Waals surface area contributed by atoms with E-state index in [1.807, 2.05) is 56.3 Å². The lowest BCUT2D eigenvalue weighted by Crippen LogP contribution is -2.39. The normalized spacial score (nSPS) is 13.0. The molecule has 0 saturated carbocycles. The minimum atomic E-state index is -0.374. The fraction of sp³-hybridized carbons (Fsp3) is 0.316. The Morgan fingerprint density at radius 3 is 2.36 bits per heavy atom. The molecule has 5 nitrogen and oxygen atoms in total. The van der Waals surface area contributed by atoms with E-state index in [2.05, 4.69) is 26.6 Å². The number of nitrogens with one attached hydrogen (secondary N) is 2. The third-order valence-electron chi connectivity index (χ3n) is 3.93. The van der Waals surface area contributed by atoms with E-state index in [4.69, 9.17) is 9.47 Å². The first-order chi connectivity index (χ1) is 12.0. The first kappa shape index (κ1) is 19.3. The van der Waals surface area contributed by atoms with Crippen LogP contribution in [0.15, 0.2) is 46.9 Å². The predicted molar refractivity (Wildman–Crippen MR) is 103 cm³/mol. The average Bonchev–Trinajstić information content (AvgIpc) is 2.61. The molecule has 2 N–H and O–H groups in total. The molecule has 134 valence electrons. The van der Waals surface area contributed by atoms with Gasteiger partial charge in [-0.3, -0.25) is 10.1 Å². The van der Waals surface area contributed by atoms with Gasteiger partial charge in [0.05, 0.1) is 30.4 Å². The zero-order chi connectivity index (χ0) is 18.4. The van der Waals surface area contributed by atoms with Crippen LogP contribution in [0.2, 0.25) is 0 Å². The summed E-state index contributed by atoms with van der Waals surface area (Å²) in [5.41, 5.74) is 1.72. The lowest BCUT2D eigenvalue weighted by atomic mass is 10.1. The maximum Gasteiger partial charge on any atom is 0.241 e. The second-order valence-electron chi connectivity index (χ2n) is 5.69. The van der Waals surface area contributed by atoms with Crippen LogP contribution < -0.4 is 20.1 Å². The first-order valence-corrected chi connectivity index (χ1v) is 8.79. The molecule has 0 heterocycles. The van der Waals surface area contributed by atoms with Gasteiger partial charge in [0.1, 0.15) is 11.5 Å². The van der Waals surface area contributed by atoms with E-state index in [9.17, 15) is 4.79 Å². The van der Waals surface area contributed by atoms with Gasteiger partial charge in [0, 0.05) is 6.04 Å². The average molecular weight is 407 g/mol. The lowest BCUT2D eigenvalue weighted by molar-refractivity contribution is -0.117. The molecule has 0 aromatic heterocycles. The highest BCUT2D eigenvalue weighted by atomic mass is 79.9. The van der Waals surface area contributed by atoms with Crippen LogP contribution in [0.5, 0.6) is 11.5 Å². The van der Waals surface area contributed by atoms with Crippen molar-refractivity contribution in [2.45, 2.75) is 25.9 Å². The van der Waals surface area contributed by atoms with E-state index in [1.54, 1.807) is 14.2 Å². The Morgan fingerprint density at radius 1 is 1.04 bits per heavy atom. The summed E-state index contributed by atoms with van der Waals surface area (Å²) in [5, 5.41) is 6.20. The zero-order valence-corrected chi connectivity index (χ0v) is 16.4. The number of ether oxygens (including phenoxy) is 2. The number of carbonyl (C=O) groups is 1. The third kappa shape index (κ3) is 4.96. The largest absolute Gasteiger partial charge is 0.496 e. The number of hydrogen-bond acceptors (Lipinski definition) is 4. The van der Waals surface area contributed by atoms with Crippen LogP contribution in [-0.2, 0) is 4.79 Å². The smallest absolute Gasteiger partial charge is 0.241 e. The van der Waals surface area contributed by atoms with Gasteiger partial charge in [0.2, 0.25) is 5.91 Å². The first-order valence-electron chi connectivity index (χ1n) is 7.99. The molecule has 0 fully saturated rings. The third-order valence-corrected chi connectivity index (χ3v) is 4.55. The molecular formula is C19H23BrN2O3. The lowest BCUT2D eigenvalue weighted by Gasteiger charge is -2.21. The fourth-order valence-electron chi connectivity index (χ4n) is 2.49. The summed E-state index contributed by atoms with van der Waals surface area (Å²) in [6.07, 6.45) is 0. The second kappa shape index (κ2) is 8.87. The molecule has 0 unspecified atom stereocenters. The Morgan fingerprint density at radius 2 is 1.72 bits per heavy atom. The maximum atomic E-state index is 12.5. The summed E-state index contributed by atoms with van der Waals surface area (Å²) in [7, 11) is 3.21. The van der Waals surface area contributed by atoms with E-state index >= 15 is 0 Å². The minimum absolute atomic E-state index is 0.000579. The van der Waals surface area contributed by atoms with Crippen LogP contribution in [-0.4, -0.2) is 26.2 Å². The van der Waals surface area contributed by atoms with Crippen molar-refractivity contribution in [3.63, 3.8) is 0 Å². The van der Waals surface area contributed by atoms with E-state index in [1.165, 1.54) is 0 Å². The van der Waals surface area contributed by atoms with Crippen LogP contribution in [0.1, 0.15) is 25.5 Å². The highest BCUT2D eigenvalue weighted by Gasteiger charge is 2.18. The number of para-hydroxylation sites is 2. The monoisotopic (exact) mass is 406 g/mol. The molecule has 6 heteroatoms. The van der Waals surface area contributed by atoms with Crippen LogP contribution in [0.3, 0.4) is 0 Å². The van der Waals surface area contributed by atoms with Gasteiger partial charge in [-0.15, -0.1) is 0 Å². The molecule has 2 aromatic carbocycles. The Hall–Kier alpha value is -2.05. The SMILES string of the molecule is COc1ccc([C@H](C)N[C@@H](C)C(=O)Nc2ccccc2OC)cc1Br. The Labute approximate surface area is 156 Å². The number of carbonyl (C=O) groups excluding carboxylic acids is 1. The van der Waals surface area contributed by atoms with Gasteiger partial charge >= 0.3 is 0 Å². The Balaban J connectivity index is 2.01. The van der Waals surface area contributed by atoms with Crippen LogP contribution in [0.25, 0.3) is 0 Å². The summed E-state index contributed by atoms with van der Waals surface area (Å²) >= 11 is 3.48. The van der Waals surface area contributed by atoms with Crippen LogP contribution in [0, 0.1) is 0 Å². The number of benzene rings is 2. The molecule has 0 aliphatic rings. The van der Waals surface area contributed by atoms with Crippen molar-refractivity contribution < 1.29 is 14.3 Å². The molecule has 25 heavy (non-hydrogen) atoms. The maximum absolute atomic E-state index is 12.5.